The second-order valence-electron chi connectivity index (χ2n) is 7.02. The van der Waals surface area contributed by atoms with Crippen LogP contribution in [0.25, 0.3) is 0 Å². The molecule has 1 N–H and O–H groups in total. The summed E-state index contributed by atoms with van der Waals surface area (Å²) in [7, 11) is 1.41. The second-order valence-corrected chi connectivity index (χ2v) is 7.90. The van der Waals surface area contributed by atoms with Crippen molar-refractivity contribution < 1.29 is 37.0 Å². The summed E-state index contributed by atoms with van der Waals surface area (Å²) in [6, 6.07) is 8.04. The number of halogens is 3. The number of nitrogens with zero attached hydrogens (tertiary/aromatic N) is 1. The van der Waals surface area contributed by atoms with E-state index in [0.717, 1.165) is 17.0 Å². The Kier molecular flexibility index (Phi) is 8.09. The molecule has 0 radical (unpaired) electrons. The minimum atomic E-state index is -4.57. The van der Waals surface area contributed by atoms with Gasteiger partial charge < -0.3 is 24.4 Å². The molecule has 1 aliphatic rings. The number of hydrogen-bond donors (Lipinski definition) is 1. The van der Waals surface area contributed by atoms with Crippen molar-refractivity contribution in [3.05, 3.63) is 47.5 Å². The Morgan fingerprint density at radius 3 is 2.52 bits per heavy atom. The zero-order valence-electron chi connectivity index (χ0n) is 18.0. The fourth-order valence-electron chi connectivity index (χ4n) is 3.25. The van der Waals surface area contributed by atoms with Crippen molar-refractivity contribution in [1.82, 2.24) is 0 Å². The zero-order valence-corrected chi connectivity index (χ0v) is 18.8. The molecule has 0 aliphatic carbocycles. The summed E-state index contributed by atoms with van der Waals surface area (Å²) in [5.74, 6) is -1.26. The molecule has 2 aromatic carbocycles. The highest BCUT2D eigenvalue weighted by Gasteiger charge is 2.32. The summed E-state index contributed by atoms with van der Waals surface area (Å²) in [6.45, 7) is 1.10. The maximum atomic E-state index is 13.2. The Bertz CT molecular complexity index is 1010. The van der Waals surface area contributed by atoms with Crippen LogP contribution in [0.1, 0.15) is 15.9 Å². The summed E-state index contributed by atoms with van der Waals surface area (Å²) >= 11 is 1.47. The number of carbonyl (C=O) groups excluding carboxylic acids is 2. The van der Waals surface area contributed by atoms with Gasteiger partial charge in [0.15, 0.2) is 6.61 Å². The molecule has 0 bridgehead atoms. The molecule has 1 fully saturated rings. The van der Waals surface area contributed by atoms with Crippen LogP contribution in [-0.2, 0) is 20.4 Å². The molecule has 1 aliphatic heterocycles. The van der Waals surface area contributed by atoms with Gasteiger partial charge in [-0.25, -0.2) is 4.79 Å². The normalized spacial score (nSPS) is 14.0. The van der Waals surface area contributed by atoms with E-state index in [-0.39, 0.29) is 11.3 Å². The Labute approximate surface area is 193 Å². The van der Waals surface area contributed by atoms with Gasteiger partial charge in [0, 0.05) is 18.0 Å². The number of amides is 1. The number of methoxy groups -OCH3 is 1. The summed E-state index contributed by atoms with van der Waals surface area (Å²) in [5, 5.41) is 2.44. The third-order valence-electron chi connectivity index (χ3n) is 4.91. The van der Waals surface area contributed by atoms with Crippen molar-refractivity contribution in [3.8, 4) is 5.75 Å². The fourth-order valence-corrected chi connectivity index (χ4v) is 3.68. The number of anilines is 2. The van der Waals surface area contributed by atoms with Gasteiger partial charge in [-0.1, -0.05) is 0 Å². The SMILES string of the molecule is COc1cc(SC)ccc1C(=O)OCC(=O)Nc1cc(C(F)(F)F)ccc1N1CCOCC1. The summed E-state index contributed by atoms with van der Waals surface area (Å²) < 4.78 is 55.2. The van der Waals surface area contributed by atoms with Crippen molar-refractivity contribution in [2.24, 2.45) is 0 Å². The van der Waals surface area contributed by atoms with Gasteiger partial charge in [0.05, 0.1) is 37.3 Å². The average molecular weight is 484 g/mol. The van der Waals surface area contributed by atoms with Crippen LogP contribution in [0.2, 0.25) is 0 Å². The molecule has 2 aromatic rings. The molecule has 7 nitrogen and oxygen atoms in total. The van der Waals surface area contributed by atoms with Crippen molar-refractivity contribution in [2.75, 3.05) is 56.5 Å². The Hall–Kier alpha value is -2.92. The van der Waals surface area contributed by atoms with Crippen LogP contribution in [0.3, 0.4) is 0 Å². The number of nitrogens with one attached hydrogen (secondary N) is 1. The number of esters is 1. The van der Waals surface area contributed by atoms with E-state index in [2.05, 4.69) is 5.32 Å². The molecule has 0 unspecified atom stereocenters. The number of morpholine rings is 1. The highest BCUT2D eigenvalue weighted by molar-refractivity contribution is 7.98. The average Bonchev–Trinajstić information content (AvgIpc) is 2.82. The summed E-state index contributed by atoms with van der Waals surface area (Å²) in [4.78, 5) is 27.6. The van der Waals surface area contributed by atoms with Crippen LogP contribution < -0.4 is 15.0 Å². The lowest BCUT2D eigenvalue weighted by molar-refractivity contribution is -0.137. The van der Waals surface area contributed by atoms with Crippen LogP contribution in [0, 0.1) is 0 Å². The van der Waals surface area contributed by atoms with E-state index >= 15 is 0 Å². The number of hydrogen-bond acceptors (Lipinski definition) is 7. The highest BCUT2D eigenvalue weighted by Crippen LogP contribution is 2.36. The number of ether oxygens (including phenoxy) is 3. The topological polar surface area (TPSA) is 77.1 Å². The van der Waals surface area contributed by atoms with Crippen molar-refractivity contribution in [3.63, 3.8) is 0 Å². The molecular weight excluding hydrogens is 461 g/mol. The smallest absolute Gasteiger partial charge is 0.416 e. The quantitative estimate of drug-likeness (QED) is 0.469. The molecule has 1 amide bonds. The summed E-state index contributed by atoms with van der Waals surface area (Å²) in [6.07, 6.45) is -2.70. The van der Waals surface area contributed by atoms with Crippen LogP contribution in [0.15, 0.2) is 41.3 Å². The Morgan fingerprint density at radius 2 is 1.88 bits per heavy atom. The van der Waals surface area contributed by atoms with Crippen LogP contribution in [0.4, 0.5) is 24.5 Å². The zero-order chi connectivity index (χ0) is 24.0. The third-order valence-corrected chi connectivity index (χ3v) is 5.64. The first kappa shape index (κ1) is 24.7. The van der Waals surface area contributed by atoms with Crippen molar-refractivity contribution >= 4 is 35.0 Å². The lowest BCUT2D eigenvalue weighted by Gasteiger charge is -2.31. The lowest BCUT2D eigenvalue weighted by atomic mass is 10.1. The molecule has 178 valence electrons. The van der Waals surface area contributed by atoms with E-state index in [4.69, 9.17) is 14.2 Å². The molecule has 11 heteroatoms. The molecule has 1 heterocycles. The standard InChI is InChI=1S/C22H23F3N2O5S/c1-30-19-12-15(33-2)4-5-16(19)21(29)32-13-20(28)26-17-11-14(22(23,24)25)3-6-18(17)27-7-9-31-10-8-27/h3-6,11-12H,7-10,13H2,1-2H3,(H,26,28). The summed E-state index contributed by atoms with van der Waals surface area (Å²) in [5.41, 5.74) is -0.350. The van der Waals surface area contributed by atoms with Gasteiger partial charge in [-0.3, -0.25) is 4.79 Å². The number of rotatable bonds is 7. The van der Waals surface area contributed by atoms with Gasteiger partial charge >= 0.3 is 12.1 Å². The van der Waals surface area contributed by atoms with Crippen LogP contribution >= 0.6 is 11.8 Å². The van der Waals surface area contributed by atoms with Crippen LogP contribution in [-0.4, -0.2) is 58.2 Å². The van der Waals surface area contributed by atoms with Gasteiger partial charge in [-0.2, -0.15) is 13.2 Å². The van der Waals surface area contributed by atoms with Gasteiger partial charge in [-0.15, -0.1) is 11.8 Å². The maximum absolute atomic E-state index is 13.2. The first-order chi connectivity index (χ1) is 15.7. The molecule has 3 rings (SSSR count). The first-order valence-electron chi connectivity index (χ1n) is 9.96. The molecule has 0 atom stereocenters. The van der Waals surface area contributed by atoms with Gasteiger partial charge in [-0.05, 0) is 42.7 Å². The van der Waals surface area contributed by atoms with E-state index in [1.54, 1.807) is 12.1 Å². The van der Waals surface area contributed by atoms with Gasteiger partial charge in [0.2, 0.25) is 0 Å². The minimum Gasteiger partial charge on any atom is -0.496 e. The number of alkyl halides is 3. The van der Waals surface area contributed by atoms with Gasteiger partial charge in [0.25, 0.3) is 5.91 Å². The highest BCUT2D eigenvalue weighted by atomic mass is 32.2. The third kappa shape index (κ3) is 6.32. The molecule has 0 spiro atoms. The number of carbonyl (C=O) groups is 2. The molecule has 0 aromatic heterocycles. The Morgan fingerprint density at radius 1 is 1.15 bits per heavy atom. The predicted octanol–water partition coefficient (Wildman–Crippen LogP) is 4.07. The first-order valence-corrected chi connectivity index (χ1v) is 11.2. The molecule has 1 saturated heterocycles. The van der Waals surface area contributed by atoms with Crippen molar-refractivity contribution in [2.45, 2.75) is 11.1 Å². The molecule has 33 heavy (non-hydrogen) atoms. The lowest BCUT2D eigenvalue weighted by Crippen LogP contribution is -2.37. The predicted molar refractivity (Wildman–Crippen MR) is 118 cm³/mol. The maximum Gasteiger partial charge on any atom is 0.416 e. The minimum absolute atomic E-state index is 0.0188. The van der Waals surface area contributed by atoms with E-state index in [9.17, 15) is 22.8 Å². The van der Waals surface area contributed by atoms with E-state index in [1.807, 2.05) is 11.2 Å². The molecule has 0 saturated carbocycles. The Balaban J connectivity index is 1.73. The van der Waals surface area contributed by atoms with E-state index < -0.39 is 30.2 Å². The van der Waals surface area contributed by atoms with E-state index in [1.165, 1.54) is 31.0 Å². The number of thioether (sulfide) groups is 1. The van der Waals surface area contributed by atoms with Crippen LogP contribution in [0.5, 0.6) is 5.75 Å². The largest absolute Gasteiger partial charge is 0.496 e. The second kappa shape index (κ2) is 10.8. The van der Waals surface area contributed by atoms with Crippen molar-refractivity contribution in [1.29, 1.82) is 0 Å². The monoisotopic (exact) mass is 484 g/mol. The molecular formula is C22H23F3N2O5S. The fraction of sp³-hybridized carbons (Fsp3) is 0.364. The van der Waals surface area contributed by atoms with E-state index in [0.29, 0.717) is 37.7 Å². The number of benzene rings is 2. The van der Waals surface area contributed by atoms with Gasteiger partial charge in [0.1, 0.15) is 11.3 Å².